The highest BCUT2D eigenvalue weighted by molar-refractivity contribution is 8.00. The van der Waals surface area contributed by atoms with E-state index < -0.39 is 48.1 Å². The molecule has 0 aliphatic carbocycles. The summed E-state index contributed by atoms with van der Waals surface area (Å²) < 4.78 is 67.6. The lowest BCUT2D eigenvalue weighted by molar-refractivity contribution is -0.119. The fraction of sp³-hybridized carbons (Fsp3) is 0.526. The van der Waals surface area contributed by atoms with Gasteiger partial charge in [-0.1, -0.05) is 0 Å². The van der Waals surface area contributed by atoms with E-state index in [9.17, 15) is 31.8 Å². The first-order valence-electron chi connectivity index (χ1n) is 10.5. The van der Waals surface area contributed by atoms with Crippen molar-refractivity contribution in [3.8, 4) is 17.6 Å². The lowest BCUT2D eigenvalue weighted by atomic mass is 10.1. The normalized spacial score (nSPS) is 13.7. The van der Waals surface area contributed by atoms with Crippen molar-refractivity contribution < 1.29 is 45.7 Å². The quantitative estimate of drug-likeness (QED) is 0.212. The van der Waals surface area contributed by atoms with Crippen molar-refractivity contribution >= 4 is 49.5 Å². The van der Waals surface area contributed by atoms with E-state index in [1.165, 1.54) is 26.4 Å². The summed E-state index contributed by atoms with van der Waals surface area (Å²) in [5.41, 5.74) is 0.736. The van der Waals surface area contributed by atoms with Crippen molar-refractivity contribution in [3.63, 3.8) is 0 Å². The van der Waals surface area contributed by atoms with Gasteiger partial charge in [-0.3, -0.25) is 13.9 Å². The second-order valence-corrected chi connectivity index (χ2v) is 13.3. The number of ether oxygens (including phenoxy) is 1. The van der Waals surface area contributed by atoms with E-state index in [1.54, 1.807) is 0 Å². The van der Waals surface area contributed by atoms with E-state index in [2.05, 4.69) is 19.9 Å². The highest BCUT2D eigenvalue weighted by Crippen LogP contribution is 2.37. The highest BCUT2D eigenvalue weighted by Gasteiger charge is 2.25. The van der Waals surface area contributed by atoms with Gasteiger partial charge in [0, 0.05) is 24.3 Å². The fourth-order valence-electron chi connectivity index (χ4n) is 2.91. The van der Waals surface area contributed by atoms with Gasteiger partial charge in [-0.15, -0.1) is 0 Å². The summed E-state index contributed by atoms with van der Waals surface area (Å²) >= 11 is 2.08. The molecule has 0 aromatic carbocycles. The summed E-state index contributed by atoms with van der Waals surface area (Å²) in [6.07, 6.45) is 2.16. The van der Waals surface area contributed by atoms with Crippen LogP contribution in [0.5, 0.6) is 17.6 Å². The molecule has 2 rings (SSSR count). The molecule has 0 aliphatic heterocycles. The average Bonchev–Trinajstić information content (AvgIpc) is 2.78. The minimum Gasteiger partial charge on any atom is -0.492 e. The molecule has 0 saturated heterocycles. The molecule has 2 aromatic heterocycles. The van der Waals surface area contributed by atoms with Gasteiger partial charge in [-0.25, -0.2) is 19.9 Å². The van der Waals surface area contributed by atoms with Crippen LogP contribution in [0.4, 0.5) is 0 Å². The highest BCUT2D eigenvalue weighted by atomic mass is 32.2. The predicted molar refractivity (Wildman–Crippen MR) is 136 cm³/mol. The number of Topliss-reactive ketones (excluding diaryl/α,β-unsaturated/α-hetero) is 1. The number of aromatic nitrogens is 4. The molecule has 2 unspecified atom stereocenters. The number of carbonyl (C=O) groups excluding carboxylic acids is 1. The van der Waals surface area contributed by atoms with Crippen LogP contribution in [0, 0.1) is 6.92 Å². The van der Waals surface area contributed by atoms with Crippen LogP contribution in [0.1, 0.15) is 40.4 Å². The molecular formula is C19H26N4O10S4. The third-order valence-corrected chi connectivity index (χ3v) is 9.14. The summed E-state index contributed by atoms with van der Waals surface area (Å²) in [7, 11) is -7.23. The summed E-state index contributed by atoms with van der Waals surface area (Å²) in [4.78, 5) is 29.1. The number of methoxy groups -OCH3 is 1. The summed E-state index contributed by atoms with van der Waals surface area (Å²) in [6.45, 7) is 1.51. The zero-order chi connectivity index (χ0) is 27.8. The Hall–Kier alpha value is -2.25. The summed E-state index contributed by atoms with van der Waals surface area (Å²) in [5.74, 6) is -2.55. The lowest BCUT2D eigenvalue weighted by Gasteiger charge is -2.19. The molecule has 2 heterocycles. The number of hydrogen-bond donors (Lipinski definition) is 4. The molecule has 0 fully saturated rings. The Labute approximate surface area is 222 Å². The van der Waals surface area contributed by atoms with Gasteiger partial charge in [0.2, 0.25) is 5.88 Å². The van der Waals surface area contributed by atoms with Gasteiger partial charge in [0.05, 0.1) is 58.6 Å². The van der Waals surface area contributed by atoms with Gasteiger partial charge < -0.3 is 14.9 Å². The molecule has 0 radical (unpaired) electrons. The number of ketones is 1. The van der Waals surface area contributed by atoms with Crippen LogP contribution >= 0.6 is 23.5 Å². The SMILES string of the molecule is COc1nc(C(CC(=O)CC(SCCS(=O)(=O)O)c2cnc(O)c(C)n2)SCCS(=O)(=O)O)cnc1O. The molecule has 0 aliphatic rings. The number of thioether (sulfide) groups is 2. The van der Waals surface area contributed by atoms with Crippen LogP contribution in [0.3, 0.4) is 0 Å². The summed E-state index contributed by atoms with van der Waals surface area (Å²) in [5, 5.41) is 18.0. The molecule has 4 N–H and O–H groups in total. The molecule has 18 heteroatoms. The second kappa shape index (κ2) is 13.5. The zero-order valence-corrected chi connectivity index (χ0v) is 23.0. The van der Waals surface area contributed by atoms with Crippen LogP contribution in [-0.2, 0) is 25.0 Å². The van der Waals surface area contributed by atoms with Gasteiger partial charge in [0.15, 0.2) is 0 Å². The van der Waals surface area contributed by atoms with Gasteiger partial charge in [-0.2, -0.15) is 40.4 Å². The number of hydrogen-bond acceptors (Lipinski definition) is 14. The van der Waals surface area contributed by atoms with Crippen LogP contribution in [0.2, 0.25) is 0 Å². The number of carbonyl (C=O) groups is 1. The maximum atomic E-state index is 13.1. The average molecular weight is 599 g/mol. The molecule has 206 valence electrons. The molecule has 37 heavy (non-hydrogen) atoms. The number of aromatic hydroxyl groups is 2. The van der Waals surface area contributed by atoms with Gasteiger partial charge in [0.25, 0.3) is 32.0 Å². The third-order valence-electron chi connectivity index (χ3n) is 4.68. The van der Waals surface area contributed by atoms with E-state index in [-0.39, 0.29) is 53.3 Å². The molecule has 0 saturated carbocycles. The lowest BCUT2D eigenvalue weighted by Crippen LogP contribution is -2.14. The van der Waals surface area contributed by atoms with Gasteiger partial charge in [-0.05, 0) is 6.92 Å². The first-order chi connectivity index (χ1) is 17.2. The van der Waals surface area contributed by atoms with Crippen molar-refractivity contribution in [3.05, 3.63) is 29.5 Å². The Morgan fingerprint density at radius 2 is 1.35 bits per heavy atom. The molecular weight excluding hydrogens is 572 g/mol. The van der Waals surface area contributed by atoms with E-state index in [0.717, 1.165) is 23.5 Å². The first kappa shape index (κ1) is 31.0. The fourth-order valence-corrected chi connectivity index (χ4v) is 7.10. The Kier molecular flexibility index (Phi) is 11.3. The largest absolute Gasteiger partial charge is 0.492 e. The standard InChI is InChI=1S/C19H26N4O10S4/c1-11-17(25)20-9-13(22-11)15(34-3-5-36(27,28)29)7-12(24)8-16(35-4-6-37(30,31)32)14-10-21-18(26)19(23-14)33-2/h9-10,15-16H,3-8H2,1-2H3,(H,20,25)(H,21,26)(H,27,28,29)(H,30,31,32). The molecule has 2 atom stereocenters. The van der Waals surface area contributed by atoms with Crippen LogP contribution < -0.4 is 4.74 Å². The van der Waals surface area contributed by atoms with Crippen LogP contribution in [0.25, 0.3) is 0 Å². The second-order valence-electron chi connectivity index (χ2n) is 7.57. The van der Waals surface area contributed by atoms with Crippen molar-refractivity contribution in [2.75, 3.05) is 30.1 Å². The van der Waals surface area contributed by atoms with E-state index >= 15 is 0 Å². The Bertz CT molecular complexity index is 1310. The Morgan fingerprint density at radius 1 is 0.892 bits per heavy atom. The first-order valence-corrected chi connectivity index (χ1v) is 15.8. The van der Waals surface area contributed by atoms with Crippen molar-refractivity contribution in [2.45, 2.75) is 30.3 Å². The minimum atomic E-state index is -4.25. The van der Waals surface area contributed by atoms with E-state index in [0.29, 0.717) is 5.69 Å². The molecule has 14 nitrogen and oxygen atoms in total. The molecule has 2 aromatic rings. The Balaban J connectivity index is 2.26. The van der Waals surface area contributed by atoms with Crippen molar-refractivity contribution in [1.82, 2.24) is 19.9 Å². The number of rotatable bonds is 15. The predicted octanol–water partition coefficient (Wildman–Crippen LogP) is 1.37. The smallest absolute Gasteiger partial charge is 0.277 e. The monoisotopic (exact) mass is 598 g/mol. The minimum absolute atomic E-state index is 0.0500. The van der Waals surface area contributed by atoms with Gasteiger partial charge >= 0.3 is 0 Å². The third kappa shape index (κ3) is 10.9. The topological polar surface area (TPSA) is 227 Å². The van der Waals surface area contributed by atoms with Crippen molar-refractivity contribution in [1.29, 1.82) is 0 Å². The van der Waals surface area contributed by atoms with E-state index in [4.69, 9.17) is 13.8 Å². The molecule has 0 amide bonds. The Morgan fingerprint density at radius 3 is 1.78 bits per heavy atom. The van der Waals surface area contributed by atoms with Crippen molar-refractivity contribution in [2.24, 2.45) is 0 Å². The van der Waals surface area contributed by atoms with Gasteiger partial charge in [0.1, 0.15) is 5.78 Å². The zero-order valence-electron chi connectivity index (χ0n) is 19.7. The van der Waals surface area contributed by atoms with Crippen LogP contribution in [-0.4, -0.2) is 92.0 Å². The summed E-state index contributed by atoms with van der Waals surface area (Å²) in [6, 6.07) is 0. The molecule has 0 spiro atoms. The number of nitrogens with zero attached hydrogens (tertiary/aromatic N) is 4. The van der Waals surface area contributed by atoms with E-state index in [1.807, 2.05) is 0 Å². The number of aryl methyl sites for hydroxylation is 1. The molecule has 0 bridgehead atoms. The maximum Gasteiger partial charge on any atom is 0.277 e. The van der Waals surface area contributed by atoms with Crippen LogP contribution in [0.15, 0.2) is 12.4 Å². The maximum absolute atomic E-state index is 13.1.